The second-order valence-electron chi connectivity index (χ2n) is 5.30. The van der Waals surface area contributed by atoms with Crippen LogP contribution < -0.4 is 5.32 Å². The highest BCUT2D eigenvalue weighted by Gasteiger charge is 2.09. The number of aromatic hydroxyl groups is 1. The number of phenolic OH excluding ortho intramolecular Hbond substituents is 1. The van der Waals surface area contributed by atoms with E-state index < -0.39 is 0 Å². The first kappa shape index (κ1) is 13.7. The molecule has 0 amide bonds. The van der Waals surface area contributed by atoms with Gasteiger partial charge in [-0.15, -0.1) is 0 Å². The molecule has 0 heterocycles. The van der Waals surface area contributed by atoms with E-state index in [2.05, 4.69) is 36.5 Å². The van der Waals surface area contributed by atoms with Crippen molar-refractivity contribution in [3.8, 4) is 5.75 Å². The van der Waals surface area contributed by atoms with Gasteiger partial charge in [-0.1, -0.05) is 60.7 Å². The van der Waals surface area contributed by atoms with Gasteiger partial charge in [-0.3, -0.25) is 0 Å². The number of benzene rings is 3. The second kappa shape index (κ2) is 5.98. The number of hydrogen-bond donors (Lipinski definition) is 2. The third-order valence-electron chi connectivity index (χ3n) is 3.90. The van der Waals surface area contributed by atoms with E-state index in [4.69, 9.17) is 0 Å². The average molecular weight is 277 g/mol. The summed E-state index contributed by atoms with van der Waals surface area (Å²) < 4.78 is 0. The Hall–Kier alpha value is -2.32. The van der Waals surface area contributed by atoms with Gasteiger partial charge >= 0.3 is 0 Å². The summed E-state index contributed by atoms with van der Waals surface area (Å²) in [6.45, 7) is 2.78. The maximum absolute atomic E-state index is 10.2. The Morgan fingerprint density at radius 3 is 2.43 bits per heavy atom. The summed E-state index contributed by atoms with van der Waals surface area (Å²) in [7, 11) is 0. The van der Waals surface area contributed by atoms with Crippen molar-refractivity contribution >= 4 is 10.8 Å². The minimum atomic E-state index is 0.240. The smallest absolute Gasteiger partial charge is 0.120 e. The number of hydrogen-bond acceptors (Lipinski definition) is 2. The van der Waals surface area contributed by atoms with Crippen LogP contribution in [0.4, 0.5) is 0 Å². The van der Waals surface area contributed by atoms with Crippen molar-refractivity contribution in [1.29, 1.82) is 0 Å². The molecule has 0 unspecified atom stereocenters. The number of fused-ring (bicyclic) bond motifs is 1. The van der Waals surface area contributed by atoms with Crippen LogP contribution in [0, 0.1) is 0 Å². The van der Waals surface area contributed by atoms with Crippen LogP contribution in [0.2, 0.25) is 0 Å². The molecule has 106 valence electrons. The van der Waals surface area contributed by atoms with E-state index in [9.17, 15) is 5.11 Å². The summed E-state index contributed by atoms with van der Waals surface area (Å²) in [6.07, 6.45) is 0. The minimum absolute atomic E-state index is 0.240. The lowest BCUT2D eigenvalue weighted by Crippen LogP contribution is -2.18. The van der Waals surface area contributed by atoms with Gasteiger partial charge in [0.05, 0.1) is 0 Å². The van der Waals surface area contributed by atoms with Crippen LogP contribution in [-0.2, 0) is 6.54 Å². The van der Waals surface area contributed by atoms with Crippen molar-refractivity contribution in [2.24, 2.45) is 0 Å². The zero-order valence-corrected chi connectivity index (χ0v) is 12.1. The molecule has 3 rings (SSSR count). The van der Waals surface area contributed by atoms with Crippen molar-refractivity contribution in [1.82, 2.24) is 5.32 Å². The van der Waals surface area contributed by atoms with E-state index in [1.807, 2.05) is 36.4 Å². The summed E-state index contributed by atoms with van der Waals surface area (Å²) in [5.41, 5.74) is 2.20. The van der Waals surface area contributed by atoms with E-state index in [1.165, 1.54) is 5.56 Å². The van der Waals surface area contributed by atoms with Crippen LogP contribution in [0.5, 0.6) is 5.75 Å². The summed E-state index contributed by atoms with van der Waals surface area (Å²) in [4.78, 5) is 0. The van der Waals surface area contributed by atoms with Crippen molar-refractivity contribution in [3.63, 3.8) is 0 Å². The van der Waals surface area contributed by atoms with Crippen LogP contribution in [0.1, 0.15) is 24.1 Å². The lowest BCUT2D eigenvalue weighted by atomic mass is 10.0. The topological polar surface area (TPSA) is 32.3 Å². The van der Waals surface area contributed by atoms with Gasteiger partial charge in [-0.05, 0) is 29.3 Å². The Kier molecular flexibility index (Phi) is 3.89. The van der Waals surface area contributed by atoms with Gasteiger partial charge < -0.3 is 10.4 Å². The van der Waals surface area contributed by atoms with Crippen molar-refractivity contribution < 1.29 is 5.11 Å². The van der Waals surface area contributed by atoms with Crippen LogP contribution >= 0.6 is 0 Å². The van der Waals surface area contributed by atoms with Crippen molar-refractivity contribution in [3.05, 3.63) is 77.9 Å². The Labute approximate surface area is 125 Å². The molecule has 3 aromatic rings. The lowest BCUT2D eigenvalue weighted by Gasteiger charge is -2.16. The Morgan fingerprint density at radius 1 is 0.905 bits per heavy atom. The van der Waals surface area contributed by atoms with E-state index in [0.717, 1.165) is 16.3 Å². The first-order chi connectivity index (χ1) is 10.3. The van der Waals surface area contributed by atoms with E-state index in [1.54, 1.807) is 6.07 Å². The van der Waals surface area contributed by atoms with Gasteiger partial charge in [-0.25, -0.2) is 0 Å². The zero-order chi connectivity index (χ0) is 14.7. The quantitative estimate of drug-likeness (QED) is 0.741. The van der Waals surface area contributed by atoms with Gasteiger partial charge in [-0.2, -0.15) is 0 Å². The highest BCUT2D eigenvalue weighted by atomic mass is 16.3. The molecule has 0 bridgehead atoms. The molecule has 0 radical (unpaired) electrons. The van der Waals surface area contributed by atoms with Gasteiger partial charge in [0.25, 0.3) is 0 Å². The number of phenols is 1. The van der Waals surface area contributed by atoms with E-state index in [0.29, 0.717) is 12.3 Å². The average Bonchev–Trinajstić information content (AvgIpc) is 2.54. The van der Waals surface area contributed by atoms with E-state index in [-0.39, 0.29) is 6.04 Å². The predicted octanol–water partition coefficient (Wildman–Crippen LogP) is 4.40. The highest BCUT2D eigenvalue weighted by Crippen LogP contribution is 2.27. The van der Waals surface area contributed by atoms with Crippen molar-refractivity contribution in [2.45, 2.75) is 19.5 Å². The molecule has 0 saturated carbocycles. The summed E-state index contributed by atoms with van der Waals surface area (Å²) in [6, 6.07) is 22.4. The van der Waals surface area contributed by atoms with E-state index >= 15 is 0 Å². The monoisotopic (exact) mass is 277 g/mol. The zero-order valence-electron chi connectivity index (χ0n) is 12.1. The molecule has 0 aliphatic carbocycles. The SMILES string of the molecule is C[C@@H](NCc1c(O)ccc2ccccc12)c1ccccc1. The molecule has 0 aliphatic rings. The van der Waals surface area contributed by atoms with Gasteiger partial charge in [0.1, 0.15) is 5.75 Å². The number of rotatable bonds is 4. The molecule has 21 heavy (non-hydrogen) atoms. The molecule has 0 aliphatic heterocycles. The summed E-state index contributed by atoms with van der Waals surface area (Å²) in [5, 5.41) is 15.9. The molecule has 1 atom stereocenters. The van der Waals surface area contributed by atoms with Crippen LogP contribution in [0.15, 0.2) is 66.7 Å². The predicted molar refractivity (Wildman–Crippen MR) is 87.3 cm³/mol. The first-order valence-electron chi connectivity index (χ1n) is 7.23. The van der Waals surface area contributed by atoms with Crippen molar-refractivity contribution in [2.75, 3.05) is 0 Å². The normalized spacial score (nSPS) is 12.4. The molecule has 2 heteroatoms. The molecule has 3 aromatic carbocycles. The fourth-order valence-electron chi connectivity index (χ4n) is 2.62. The maximum Gasteiger partial charge on any atom is 0.120 e. The largest absolute Gasteiger partial charge is 0.508 e. The Balaban J connectivity index is 1.84. The van der Waals surface area contributed by atoms with Crippen LogP contribution in [0.3, 0.4) is 0 Å². The van der Waals surface area contributed by atoms with Gasteiger partial charge in [0.15, 0.2) is 0 Å². The minimum Gasteiger partial charge on any atom is -0.508 e. The third-order valence-corrected chi connectivity index (χ3v) is 3.90. The van der Waals surface area contributed by atoms with Gasteiger partial charge in [0, 0.05) is 18.2 Å². The molecular formula is C19H19NO. The molecule has 0 spiro atoms. The lowest BCUT2D eigenvalue weighted by molar-refractivity contribution is 0.462. The number of nitrogens with one attached hydrogen (secondary N) is 1. The first-order valence-corrected chi connectivity index (χ1v) is 7.23. The standard InChI is InChI=1S/C19H19NO/c1-14(15-7-3-2-4-8-15)20-13-18-17-10-6-5-9-16(17)11-12-19(18)21/h2-12,14,20-21H,13H2,1H3/t14-/m1/s1. The highest BCUT2D eigenvalue weighted by molar-refractivity contribution is 5.87. The second-order valence-corrected chi connectivity index (χ2v) is 5.30. The van der Waals surface area contributed by atoms with Gasteiger partial charge in [0.2, 0.25) is 0 Å². The molecule has 0 fully saturated rings. The third kappa shape index (κ3) is 2.91. The molecule has 2 nitrogen and oxygen atoms in total. The molecule has 2 N–H and O–H groups in total. The van der Waals surface area contributed by atoms with Crippen LogP contribution in [-0.4, -0.2) is 5.11 Å². The molecule has 0 saturated heterocycles. The fourth-order valence-corrected chi connectivity index (χ4v) is 2.62. The fraction of sp³-hybridized carbons (Fsp3) is 0.158. The maximum atomic E-state index is 10.2. The summed E-state index contributed by atoms with van der Waals surface area (Å²) >= 11 is 0. The Bertz CT molecular complexity index is 737. The Morgan fingerprint density at radius 2 is 1.62 bits per heavy atom. The summed E-state index contributed by atoms with van der Waals surface area (Å²) in [5.74, 6) is 0.349. The van der Waals surface area contributed by atoms with Crippen LogP contribution in [0.25, 0.3) is 10.8 Å². The molecule has 0 aromatic heterocycles. The molecular weight excluding hydrogens is 258 g/mol.